The van der Waals surface area contributed by atoms with Gasteiger partial charge in [0, 0.05) is 12.6 Å². The maximum atomic E-state index is 13.9. The topological polar surface area (TPSA) is 80.3 Å². The summed E-state index contributed by atoms with van der Waals surface area (Å²) in [5.41, 5.74) is 4.22. The van der Waals surface area contributed by atoms with Crippen molar-refractivity contribution in [2.45, 2.75) is 25.6 Å². The van der Waals surface area contributed by atoms with Gasteiger partial charge in [-0.2, -0.15) is 0 Å². The van der Waals surface area contributed by atoms with Gasteiger partial charge in [-0.15, -0.1) is 6.58 Å². The number of aliphatic hydroxyl groups is 1. The Kier molecular flexibility index (Phi) is 8.60. The number of methoxy groups -OCH3 is 1. The number of anilines is 1. The molecule has 0 spiro atoms. The lowest BCUT2D eigenvalue weighted by atomic mass is 9.93. The first-order valence-electron chi connectivity index (χ1n) is 11.9. The number of carbonyl (C=O) groups is 1. The third kappa shape index (κ3) is 5.87. The summed E-state index contributed by atoms with van der Waals surface area (Å²) in [5.74, 6) is 0.749. The number of carbonyl (C=O) groups excluding carboxylic acids is 1. The second-order valence-corrected chi connectivity index (χ2v) is 8.55. The highest BCUT2D eigenvalue weighted by Gasteiger charge is 2.31. The standard InChI is InChI=1S/C29H32N2O5/c1-3-13-35-20-30-26-16-28(36-19-21-9-5-4-6-10-21)27(34-2)15-25(26)29(33)31-17-23-12-8-7-11-22(23)14-24(31)18-32/h3-12,15-16,24,30,32H,1,13-14,17-20H2,2H3/t24-/m0/s1. The molecule has 3 aromatic rings. The minimum atomic E-state index is -0.322. The van der Waals surface area contributed by atoms with E-state index >= 15 is 0 Å². The Morgan fingerprint density at radius 3 is 2.58 bits per heavy atom. The van der Waals surface area contributed by atoms with Crippen LogP contribution in [-0.4, -0.2) is 49.0 Å². The Bertz CT molecular complexity index is 1180. The van der Waals surface area contributed by atoms with Crippen molar-refractivity contribution in [2.24, 2.45) is 0 Å². The number of hydrogen-bond acceptors (Lipinski definition) is 6. The van der Waals surface area contributed by atoms with E-state index in [0.29, 0.717) is 48.9 Å². The Morgan fingerprint density at radius 2 is 1.86 bits per heavy atom. The number of fused-ring (bicyclic) bond motifs is 1. The second kappa shape index (κ2) is 12.2. The van der Waals surface area contributed by atoms with Crippen LogP contribution in [0.3, 0.4) is 0 Å². The summed E-state index contributed by atoms with van der Waals surface area (Å²) < 4.78 is 17.2. The van der Waals surface area contributed by atoms with Crippen LogP contribution in [0.5, 0.6) is 11.5 Å². The van der Waals surface area contributed by atoms with Crippen molar-refractivity contribution in [1.29, 1.82) is 0 Å². The summed E-state index contributed by atoms with van der Waals surface area (Å²) in [4.78, 5) is 15.6. The molecule has 0 aromatic heterocycles. The molecule has 188 valence electrons. The van der Waals surface area contributed by atoms with Gasteiger partial charge in [0.1, 0.15) is 13.3 Å². The Morgan fingerprint density at radius 1 is 1.11 bits per heavy atom. The summed E-state index contributed by atoms with van der Waals surface area (Å²) in [6.45, 7) is 4.87. The summed E-state index contributed by atoms with van der Waals surface area (Å²) in [6, 6.07) is 21.0. The molecule has 0 bridgehead atoms. The van der Waals surface area contributed by atoms with E-state index in [9.17, 15) is 9.90 Å². The van der Waals surface area contributed by atoms with Crippen LogP contribution in [-0.2, 0) is 24.3 Å². The lowest BCUT2D eigenvalue weighted by Crippen LogP contribution is -2.46. The van der Waals surface area contributed by atoms with Gasteiger partial charge in [-0.25, -0.2) is 0 Å². The second-order valence-electron chi connectivity index (χ2n) is 8.55. The molecule has 0 aliphatic carbocycles. The molecule has 1 aliphatic rings. The number of rotatable bonds is 11. The average molecular weight is 489 g/mol. The normalized spacial score (nSPS) is 14.6. The highest BCUT2D eigenvalue weighted by molar-refractivity contribution is 6.01. The van der Waals surface area contributed by atoms with Crippen molar-refractivity contribution >= 4 is 11.6 Å². The molecule has 1 heterocycles. The number of amides is 1. The van der Waals surface area contributed by atoms with E-state index in [0.717, 1.165) is 16.7 Å². The lowest BCUT2D eigenvalue weighted by molar-refractivity contribution is 0.0544. The summed E-state index contributed by atoms with van der Waals surface area (Å²) in [6.07, 6.45) is 2.26. The van der Waals surface area contributed by atoms with Crippen molar-refractivity contribution in [3.63, 3.8) is 0 Å². The van der Waals surface area contributed by atoms with Crippen molar-refractivity contribution in [2.75, 3.05) is 32.4 Å². The quantitative estimate of drug-likeness (QED) is 0.237. The van der Waals surface area contributed by atoms with E-state index in [1.165, 1.54) is 0 Å². The largest absolute Gasteiger partial charge is 0.493 e. The van der Waals surface area contributed by atoms with Gasteiger partial charge in [0.05, 0.1) is 37.6 Å². The number of ether oxygens (including phenoxy) is 3. The summed E-state index contributed by atoms with van der Waals surface area (Å²) in [5, 5.41) is 13.3. The van der Waals surface area contributed by atoms with Crippen LogP contribution in [0.15, 0.2) is 79.4 Å². The maximum Gasteiger partial charge on any atom is 0.256 e. The zero-order valence-corrected chi connectivity index (χ0v) is 20.5. The SMILES string of the molecule is C=CCOCNc1cc(OCc2ccccc2)c(OC)cc1C(=O)N1Cc2ccccc2C[C@H]1CO. The van der Waals surface area contributed by atoms with Crippen molar-refractivity contribution < 1.29 is 24.1 Å². The van der Waals surface area contributed by atoms with Gasteiger partial charge < -0.3 is 29.5 Å². The molecule has 2 N–H and O–H groups in total. The van der Waals surface area contributed by atoms with Crippen LogP contribution >= 0.6 is 0 Å². The smallest absolute Gasteiger partial charge is 0.256 e. The molecule has 0 fully saturated rings. The van der Waals surface area contributed by atoms with Crippen LogP contribution < -0.4 is 14.8 Å². The summed E-state index contributed by atoms with van der Waals surface area (Å²) in [7, 11) is 1.55. The predicted molar refractivity (Wildman–Crippen MR) is 139 cm³/mol. The first-order chi connectivity index (χ1) is 17.6. The zero-order chi connectivity index (χ0) is 25.3. The van der Waals surface area contributed by atoms with E-state index in [-0.39, 0.29) is 25.3 Å². The van der Waals surface area contributed by atoms with E-state index < -0.39 is 0 Å². The summed E-state index contributed by atoms with van der Waals surface area (Å²) >= 11 is 0. The highest BCUT2D eigenvalue weighted by Crippen LogP contribution is 2.36. The fraction of sp³-hybridized carbons (Fsp3) is 0.276. The molecule has 0 saturated carbocycles. The molecule has 0 unspecified atom stereocenters. The fourth-order valence-corrected chi connectivity index (χ4v) is 4.30. The molecule has 0 saturated heterocycles. The molecule has 1 aliphatic heterocycles. The van der Waals surface area contributed by atoms with Crippen LogP contribution in [0.1, 0.15) is 27.0 Å². The van der Waals surface area contributed by atoms with Gasteiger partial charge in [-0.1, -0.05) is 60.7 Å². The molecular formula is C29H32N2O5. The minimum Gasteiger partial charge on any atom is -0.493 e. The van der Waals surface area contributed by atoms with Crippen LogP contribution in [0.4, 0.5) is 5.69 Å². The zero-order valence-electron chi connectivity index (χ0n) is 20.5. The van der Waals surface area contributed by atoms with Gasteiger partial charge in [0.15, 0.2) is 11.5 Å². The number of nitrogens with one attached hydrogen (secondary N) is 1. The molecule has 4 rings (SSSR count). The maximum absolute atomic E-state index is 13.9. The highest BCUT2D eigenvalue weighted by atomic mass is 16.5. The van der Waals surface area contributed by atoms with Crippen molar-refractivity contribution in [3.8, 4) is 11.5 Å². The van der Waals surface area contributed by atoms with Gasteiger partial charge in [-0.05, 0) is 29.2 Å². The fourth-order valence-electron chi connectivity index (χ4n) is 4.30. The Balaban J connectivity index is 1.65. The molecular weight excluding hydrogens is 456 g/mol. The number of hydrogen-bond donors (Lipinski definition) is 2. The number of nitrogens with zero attached hydrogens (tertiary/aromatic N) is 1. The number of aliphatic hydroxyl groups excluding tert-OH is 1. The van der Waals surface area contributed by atoms with Gasteiger partial charge in [-0.3, -0.25) is 4.79 Å². The third-order valence-electron chi connectivity index (χ3n) is 6.20. The Labute approximate surface area is 211 Å². The van der Waals surface area contributed by atoms with Gasteiger partial charge in [0.25, 0.3) is 5.91 Å². The van der Waals surface area contributed by atoms with Crippen LogP contribution in [0.2, 0.25) is 0 Å². The Hall–Kier alpha value is -3.81. The molecule has 3 aromatic carbocycles. The van der Waals surface area contributed by atoms with E-state index in [1.807, 2.05) is 54.6 Å². The average Bonchev–Trinajstić information content (AvgIpc) is 2.93. The van der Waals surface area contributed by atoms with Crippen LogP contribution in [0, 0.1) is 0 Å². The first-order valence-corrected chi connectivity index (χ1v) is 11.9. The molecule has 7 heteroatoms. The first kappa shape index (κ1) is 25.3. The van der Waals surface area contributed by atoms with Crippen molar-refractivity contribution in [1.82, 2.24) is 4.90 Å². The van der Waals surface area contributed by atoms with E-state index in [4.69, 9.17) is 14.2 Å². The monoisotopic (exact) mass is 488 g/mol. The van der Waals surface area contributed by atoms with E-state index in [1.54, 1.807) is 30.2 Å². The molecule has 7 nitrogen and oxygen atoms in total. The third-order valence-corrected chi connectivity index (χ3v) is 6.20. The molecule has 0 radical (unpaired) electrons. The number of benzene rings is 3. The van der Waals surface area contributed by atoms with Gasteiger partial charge >= 0.3 is 0 Å². The van der Waals surface area contributed by atoms with Crippen molar-refractivity contribution in [3.05, 3.63) is 102 Å². The van der Waals surface area contributed by atoms with E-state index in [2.05, 4.69) is 11.9 Å². The minimum absolute atomic E-state index is 0.124. The van der Waals surface area contributed by atoms with Crippen LogP contribution in [0.25, 0.3) is 0 Å². The molecule has 1 amide bonds. The molecule has 36 heavy (non-hydrogen) atoms. The van der Waals surface area contributed by atoms with Gasteiger partial charge in [0.2, 0.25) is 0 Å². The predicted octanol–water partition coefficient (Wildman–Crippen LogP) is 4.41. The lowest BCUT2D eigenvalue weighted by Gasteiger charge is -2.36. The molecule has 1 atom stereocenters.